The third-order valence-corrected chi connectivity index (χ3v) is 6.59. The van der Waals surface area contributed by atoms with E-state index in [1.807, 2.05) is 20.8 Å². The molecule has 0 amide bonds. The molecule has 0 heterocycles. The highest BCUT2D eigenvalue weighted by Crippen LogP contribution is 2.42. The fourth-order valence-corrected chi connectivity index (χ4v) is 4.66. The summed E-state index contributed by atoms with van der Waals surface area (Å²) in [5.74, 6) is -0.989. The van der Waals surface area contributed by atoms with Gasteiger partial charge in [-0.15, -0.1) is 0 Å². The lowest BCUT2D eigenvalue weighted by Crippen LogP contribution is -2.38. The predicted molar refractivity (Wildman–Crippen MR) is 115 cm³/mol. The third-order valence-electron chi connectivity index (χ3n) is 6.59. The number of benzene rings is 1. The number of aryl methyl sites for hydroxylation is 1. The fourth-order valence-electron chi connectivity index (χ4n) is 4.66. The summed E-state index contributed by atoms with van der Waals surface area (Å²) in [5, 5.41) is 9.28. The highest BCUT2D eigenvalue weighted by molar-refractivity contribution is 5.99. The number of carbonyl (C=O) groups excluding carboxylic acids is 2. The van der Waals surface area contributed by atoms with Crippen molar-refractivity contribution in [2.45, 2.75) is 60.8 Å². The van der Waals surface area contributed by atoms with Gasteiger partial charge in [-0.1, -0.05) is 59.8 Å². The Morgan fingerprint density at radius 2 is 1.86 bits per heavy atom. The van der Waals surface area contributed by atoms with Crippen LogP contribution in [-0.4, -0.2) is 22.6 Å². The second kappa shape index (κ2) is 9.06. The molecule has 0 saturated heterocycles. The first-order valence-electron chi connectivity index (χ1n) is 10.6. The molecule has 4 nitrogen and oxygen atoms in total. The summed E-state index contributed by atoms with van der Waals surface area (Å²) in [6.07, 6.45) is 6.12. The van der Waals surface area contributed by atoms with Gasteiger partial charge in [-0.2, -0.15) is 0 Å². The van der Waals surface area contributed by atoms with E-state index < -0.39 is 5.97 Å². The second-order valence-electron chi connectivity index (χ2n) is 9.29. The number of aromatic carboxylic acids is 1. The molecule has 0 aliphatic heterocycles. The quantitative estimate of drug-likeness (QED) is 0.457. The van der Waals surface area contributed by atoms with Crippen molar-refractivity contribution < 1.29 is 19.5 Å². The molecule has 1 aliphatic carbocycles. The lowest BCUT2D eigenvalue weighted by atomic mass is 9.64. The van der Waals surface area contributed by atoms with Crippen LogP contribution < -0.4 is 0 Å². The van der Waals surface area contributed by atoms with Gasteiger partial charge in [0.15, 0.2) is 5.78 Å². The van der Waals surface area contributed by atoms with E-state index in [9.17, 15) is 19.5 Å². The molecule has 158 valence electrons. The average Bonchev–Trinajstić information content (AvgIpc) is 2.65. The van der Waals surface area contributed by atoms with E-state index in [0.29, 0.717) is 24.0 Å². The summed E-state index contributed by atoms with van der Waals surface area (Å²) in [4.78, 5) is 37.4. The Balaban J connectivity index is 2.14. The summed E-state index contributed by atoms with van der Waals surface area (Å²) in [6.45, 7) is 12.1. The lowest BCUT2D eigenvalue weighted by Gasteiger charge is -2.39. The third kappa shape index (κ3) is 5.04. The predicted octanol–water partition coefficient (Wildman–Crippen LogP) is 5.60. The van der Waals surface area contributed by atoms with Gasteiger partial charge < -0.3 is 5.11 Å². The summed E-state index contributed by atoms with van der Waals surface area (Å²) < 4.78 is 0. The van der Waals surface area contributed by atoms with Crippen LogP contribution in [0.2, 0.25) is 0 Å². The number of hydrogen-bond donors (Lipinski definition) is 1. The van der Waals surface area contributed by atoms with Crippen molar-refractivity contribution in [1.29, 1.82) is 0 Å². The molecule has 1 aromatic rings. The molecule has 2 rings (SSSR count). The van der Waals surface area contributed by atoms with Crippen molar-refractivity contribution in [3.63, 3.8) is 0 Å². The fraction of sp³-hybridized carbons (Fsp3) is 0.560. The highest BCUT2D eigenvalue weighted by Gasteiger charge is 2.40. The Hall–Kier alpha value is -2.23. The molecule has 0 aromatic heterocycles. The van der Waals surface area contributed by atoms with Gasteiger partial charge in [0.25, 0.3) is 0 Å². The smallest absolute Gasteiger partial charge is 0.335 e. The van der Waals surface area contributed by atoms with Crippen molar-refractivity contribution >= 4 is 17.5 Å². The van der Waals surface area contributed by atoms with Gasteiger partial charge in [-0.05, 0) is 47.8 Å². The molecular weight excluding hydrogens is 364 g/mol. The maximum atomic E-state index is 13.1. The van der Waals surface area contributed by atoms with Crippen LogP contribution in [0.25, 0.3) is 0 Å². The van der Waals surface area contributed by atoms with E-state index in [0.717, 1.165) is 6.42 Å². The first kappa shape index (κ1) is 23.1. The number of hydrogen-bond acceptors (Lipinski definition) is 3. The minimum Gasteiger partial charge on any atom is -0.478 e. The van der Waals surface area contributed by atoms with E-state index in [1.165, 1.54) is 6.07 Å². The van der Waals surface area contributed by atoms with Crippen LogP contribution in [-0.2, 0) is 11.2 Å². The lowest BCUT2D eigenvalue weighted by molar-refractivity contribution is -0.129. The van der Waals surface area contributed by atoms with Gasteiger partial charge in [-0.3, -0.25) is 9.59 Å². The second-order valence-corrected chi connectivity index (χ2v) is 9.29. The average molecular weight is 399 g/mol. The van der Waals surface area contributed by atoms with Crippen molar-refractivity contribution in [2.24, 2.45) is 29.1 Å². The maximum absolute atomic E-state index is 13.1. The van der Waals surface area contributed by atoms with Gasteiger partial charge in [0, 0.05) is 23.8 Å². The molecule has 0 saturated carbocycles. The van der Waals surface area contributed by atoms with Crippen LogP contribution in [0.1, 0.15) is 80.7 Å². The standard InChI is InChI=1S/C25H34O4/c1-7-18-14-19(10-11-20(18)24(28)29)23(27)17(4)16(3)13-21(26)22-15(2)9-8-12-25(22,5)6/h8-11,14-17,22H,7,12-13H2,1-6H3,(H,28,29). The number of allylic oxidation sites excluding steroid dienone is 2. The molecule has 0 fully saturated rings. The summed E-state index contributed by atoms with van der Waals surface area (Å²) in [5.41, 5.74) is 1.35. The molecule has 1 N–H and O–H groups in total. The molecule has 0 spiro atoms. The Morgan fingerprint density at radius 3 is 2.41 bits per heavy atom. The number of carboxylic acid groups (broad SMARTS) is 1. The normalized spacial score (nSPS) is 22.7. The van der Waals surface area contributed by atoms with Gasteiger partial charge in [0.2, 0.25) is 0 Å². The van der Waals surface area contributed by atoms with Crippen LogP contribution in [0.15, 0.2) is 30.4 Å². The maximum Gasteiger partial charge on any atom is 0.335 e. The van der Waals surface area contributed by atoms with Gasteiger partial charge in [-0.25, -0.2) is 4.79 Å². The molecule has 0 bridgehead atoms. The van der Waals surface area contributed by atoms with Gasteiger partial charge in [0.1, 0.15) is 5.78 Å². The minimum absolute atomic E-state index is 0.0289. The molecule has 1 aliphatic rings. The van der Waals surface area contributed by atoms with Crippen molar-refractivity contribution in [3.05, 3.63) is 47.0 Å². The summed E-state index contributed by atoms with van der Waals surface area (Å²) >= 11 is 0. The molecule has 1 aromatic carbocycles. The highest BCUT2D eigenvalue weighted by atomic mass is 16.4. The molecular formula is C25H34O4. The van der Waals surface area contributed by atoms with Crippen LogP contribution >= 0.6 is 0 Å². The largest absolute Gasteiger partial charge is 0.478 e. The Labute approximate surface area is 174 Å². The monoisotopic (exact) mass is 398 g/mol. The zero-order valence-corrected chi connectivity index (χ0v) is 18.5. The molecule has 29 heavy (non-hydrogen) atoms. The first-order valence-corrected chi connectivity index (χ1v) is 10.6. The first-order chi connectivity index (χ1) is 13.5. The molecule has 0 radical (unpaired) electrons. The van der Waals surface area contributed by atoms with E-state index in [2.05, 4.69) is 32.9 Å². The number of ketones is 2. The zero-order valence-electron chi connectivity index (χ0n) is 18.5. The molecule has 4 unspecified atom stereocenters. The van der Waals surface area contributed by atoms with Crippen molar-refractivity contribution in [2.75, 3.05) is 0 Å². The Kier molecular flexibility index (Phi) is 7.20. The van der Waals surface area contributed by atoms with Crippen LogP contribution in [0.5, 0.6) is 0 Å². The van der Waals surface area contributed by atoms with Crippen molar-refractivity contribution in [3.8, 4) is 0 Å². The van der Waals surface area contributed by atoms with E-state index in [4.69, 9.17) is 0 Å². The number of carboxylic acids is 1. The number of carbonyl (C=O) groups is 3. The SMILES string of the molecule is CCc1cc(C(=O)C(C)C(C)CC(=O)C2C(C)C=CCC2(C)C)ccc1C(=O)O. The topological polar surface area (TPSA) is 71.4 Å². The molecule has 4 atom stereocenters. The summed E-state index contributed by atoms with van der Waals surface area (Å²) in [7, 11) is 0. The Bertz CT molecular complexity index is 818. The van der Waals surface area contributed by atoms with Crippen LogP contribution in [0.4, 0.5) is 0 Å². The van der Waals surface area contributed by atoms with E-state index >= 15 is 0 Å². The van der Waals surface area contributed by atoms with E-state index in [-0.39, 0.29) is 46.2 Å². The molecule has 4 heteroatoms. The van der Waals surface area contributed by atoms with E-state index in [1.54, 1.807) is 12.1 Å². The van der Waals surface area contributed by atoms with Crippen LogP contribution in [0.3, 0.4) is 0 Å². The zero-order chi connectivity index (χ0) is 21.9. The minimum atomic E-state index is -0.980. The number of rotatable bonds is 8. The van der Waals surface area contributed by atoms with Gasteiger partial charge >= 0.3 is 5.97 Å². The van der Waals surface area contributed by atoms with Gasteiger partial charge in [0.05, 0.1) is 5.56 Å². The summed E-state index contributed by atoms with van der Waals surface area (Å²) in [6, 6.07) is 4.79. The van der Waals surface area contributed by atoms with Crippen molar-refractivity contribution in [1.82, 2.24) is 0 Å². The Morgan fingerprint density at radius 1 is 1.21 bits per heavy atom. The number of Topliss-reactive ketones (excluding diaryl/α,β-unsaturated/α-hetero) is 2. The van der Waals surface area contributed by atoms with Crippen LogP contribution in [0, 0.1) is 29.1 Å².